The van der Waals surface area contributed by atoms with E-state index in [-0.39, 0.29) is 0 Å². The Kier molecular flexibility index (Phi) is 7.57. The summed E-state index contributed by atoms with van der Waals surface area (Å²) in [4.78, 5) is 0. The molecule has 0 aliphatic heterocycles. The quantitative estimate of drug-likeness (QED) is 0.705. The Hall–Kier alpha value is -1.02. The van der Waals surface area contributed by atoms with Crippen LogP contribution < -0.4 is 10.1 Å². The van der Waals surface area contributed by atoms with Gasteiger partial charge < -0.3 is 10.1 Å². The van der Waals surface area contributed by atoms with Crippen LogP contribution in [0.1, 0.15) is 58.1 Å². The molecule has 1 aromatic rings. The summed E-state index contributed by atoms with van der Waals surface area (Å²) >= 11 is 0. The molecular formula is C17H29NO. The summed E-state index contributed by atoms with van der Waals surface area (Å²) in [7, 11) is 2.06. The lowest BCUT2D eigenvalue weighted by Gasteiger charge is -2.26. The molecule has 0 saturated carbocycles. The molecule has 2 heteroatoms. The fourth-order valence-electron chi connectivity index (χ4n) is 2.71. The normalized spacial score (nSPS) is 14.1. The number of hydrogen-bond acceptors (Lipinski definition) is 2. The maximum atomic E-state index is 5.61. The third kappa shape index (κ3) is 4.87. The molecule has 1 N–H and O–H groups in total. The molecule has 1 aromatic carbocycles. The zero-order valence-corrected chi connectivity index (χ0v) is 12.9. The van der Waals surface area contributed by atoms with E-state index in [9.17, 15) is 0 Å². The summed E-state index contributed by atoms with van der Waals surface area (Å²) < 4.78 is 5.61. The average Bonchev–Trinajstić information content (AvgIpc) is 2.44. The van der Waals surface area contributed by atoms with E-state index < -0.39 is 0 Å². The summed E-state index contributed by atoms with van der Waals surface area (Å²) in [6, 6.07) is 8.94. The highest BCUT2D eigenvalue weighted by Gasteiger charge is 2.20. The van der Waals surface area contributed by atoms with Gasteiger partial charge in [0.1, 0.15) is 5.75 Å². The lowest BCUT2D eigenvalue weighted by Crippen LogP contribution is -2.25. The summed E-state index contributed by atoms with van der Waals surface area (Å²) in [5, 5.41) is 3.49. The third-order valence-corrected chi connectivity index (χ3v) is 3.76. The summed E-state index contributed by atoms with van der Waals surface area (Å²) in [5.74, 6) is 1.67. The Morgan fingerprint density at radius 1 is 1.21 bits per heavy atom. The molecule has 0 aliphatic rings. The van der Waals surface area contributed by atoms with Crippen molar-refractivity contribution < 1.29 is 4.74 Å². The van der Waals surface area contributed by atoms with E-state index in [2.05, 4.69) is 44.4 Å². The molecule has 0 aliphatic carbocycles. The van der Waals surface area contributed by atoms with Gasteiger partial charge in [0.15, 0.2) is 0 Å². The molecule has 2 unspecified atom stereocenters. The largest absolute Gasteiger partial charge is 0.494 e. The monoisotopic (exact) mass is 263 g/mol. The minimum Gasteiger partial charge on any atom is -0.494 e. The van der Waals surface area contributed by atoms with Gasteiger partial charge >= 0.3 is 0 Å². The Balaban J connectivity index is 2.84. The van der Waals surface area contributed by atoms with Crippen molar-refractivity contribution in [3.05, 3.63) is 29.8 Å². The highest BCUT2D eigenvalue weighted by molar-refractivity contribution is 5.31. The van der Waals surface area contributed by atoms with Crippen LogP contribution in [0.15, 0.2) is 24.3 Å². The lowest BCUT2D eigenvalue weighted by atomic mass is 9.87. The average molecular weight is 263 g/mol. The first-order valence-electron chi connectivity index (χ1n) is 7.66. The molecule has 0 radical (unpaired) electrons. The first-order chi connectivity index (χ1) is 9.26. The van der Waals surface area contributed by atoms with Gasteiger partial charge in [0.25, 0.3) is 0 Å². The number of rotatable bonds is 9. The van der Waals surface area contributed by atoms with Crippen LogP contribution in [0.4, 0.5) is 0 Å². The summed E-state index contributed by atoms with van der Waals surface area (Å²) in [6.45, 7) is 7.30. The second-order valence-corrected chi connectivity index (χ2v) is 5.08. The maximum absolute atomic E-state index is 5.61. The first kappa shape index (κ1) is 16.0. The van der Waals surface area contributed by atoms with Crippen molar-refractivity contribution in [2.24, 2.45) is 5.92 Å². The Bertz CT molecular complexity index is 351. The fourth-order valence-corrected chi connectivity index (χ4v) is 2.71. The van der Waals surface area contributed by atoms with Gasteiger partial charge in [-0.1, -0.05) is 45.2 Å². The van der Waals surface area contributed by atoms with Crippen LogP contribution in [0.25, 0.3) is 0 Å². The fraction of sp³-hybridized carbons (Fsp3) is 0.647. The summed E-state index contributed by atoms with van der Waals surface area (Å²) in [6.07, 6.45) is 5.08. The topological polar surface area (TPSA) is 21.3 Å². The molecule has 1 rings (SSSR count). The zero-order chi connectivity index (χ0) is 14.1. The van der Waals surface area contributed by atoms with E-state index in [0.29, 0.717) is 12.0 Å². The van der Waals surface area contributed by atoms with Crippen molar-refractivity contribution >= 4 is 0 Å². The van der Waals surface area contributed by atoms with Gasteiger partial charge in [-0.25, -0.2) is 0 Å². The predicted molar refractivity (Wildman–Crippen MR) is 82.7 cm³/mol. The van der Waals surface area contributed by atoms with Crippen molar-refractivity contribution in [1.29, 1.82) is 0 Å². The van der Waals surface area contributed by atoms with E-state index in [1.54, 1.807) is 0 Å². The number of hydrogen-bond donors (Lipinski definition) is 1. The second kappa shape index (κ2) is 8.98. The third-order valence-electron chi connectivity index (χ3n) is 3.76. The van der Waals surface area contributed by atoms with Crippen LogP contribution in [0, 0.1) is 5.92 Å². The molecule has 0 spiro atoms. The van der Waals surface area contributed by atoms with Crippen molar-refractivity contribution in [1.82, 2.24) is 5.32 Å². The summed E-state index contributed by atoms with van der Waals surface area (Å²) in [5.41, 5.74) is 1.34. The van der Waals surface area contributed by atoms with Crippen molar-refractivity contribution in [2.45, 2.75) is 52.5 Å². The second-order valence-electron chi connectivity index (χ2n) is 5.08. The molecule has 2 nitrogen and oxygen atoms in total. The molecule has 0 fully saturated rings. The number of nitrogens with one attached hydrogen (secondary N) is 1. The molecule has 0 amide bonds. The van der Waals surface area contributed by atoms with Crippen LogP contribution >= 0.6 is 0 Å². The Labute approximate surface area is 118 Å². The van der Waals surface area contributed by atoms with Gasteiger partial charge in [0.2, 0.25) is 0 Å². The highest BCUT2D eigenvalue weighted by atomic mass is 16.5. The van der Waals surface area contributed by atoms with Crippen LogP contribution in [-0.2, 0) is 0 Å². The molecule has 108 valence electrons. The van der Waals surface area contributed by atoms with E-state index in [1.807, 2.05) is 13.0 Å². The van der Waals surface area contributed by atoms with Crippen molar-refractivity contribution in [2.75, 3.05) is 13.7 Å². The highest BCUT2D eigenvalue weighted by Crippen LogP contribution is 2.30. The number of benzene rings is 1. The number of unbranched alkanes of at least 4 members (excludes halogenated alkanes) is 1. The van der Waals surface area contributed by atoms with E-state index in [1.165, 1.54) is 31.2 Å². The predicted octanol–water partition coefficient (Wildman–Crippen LogP) is 4.56. The van der Waals surface area contributed by atoms with Crippen LogP contribution in [0.2, 0.25) is 0 Å². The minimum absolute atomic E-state index is 0.428. The molecule has 0 heterocycles. The van der Waals surface area contributed by atoms with Gasteiger partial charge in [0.05, 0.1) is 6.61 Å². The SMILES string of the molecule is CCCCC(CC)C(NC)c1cccc(OCC)c1. The smallest absolute Gasteiger partial charge is 0.119 e. The van der Waals surface area contributed by atoms with Gasteiger partial charge in [0, 0.05) is 6.04 Å². The molecule has 2 atom stereocenters. The van der Waals surface area contributed by atoms with Crippen molar-refractivity contribution in [3.63, 3.8) is 0 Å². The molecule has 19 heavy (non-hydrogen) atoms. The zero-order valence-electron chi connectivity index (χ0n) is 12.9. The van der Waals surface area contributed by atoms with Crippen LogP contribution in [0.5, 0.6) is 5.75 Å². The molecule has 0 aromatic heterocycles. The van der Waals surface area contributed by atoms with E-state index in [4.69, 9.17) is 4.74 Å². The molecule has 0 saturated heterocycles. The van der Waals surface area contributed by atoms with Crippen LogP contribution in [0.3, 0.4) is 0 Å². The Morgan fingerprint density at radius 2 is 2.00 bits per heavy atom. The van der Waals surface area contributed by atoms with Crippen molar-refractivity contribution in [3.8, 4) is 5.75 Å². The standard InChI is InChI=1S/C17H29NO/c1-5-8-10-14(6-2)17(18-4)15-11-9-12-16(13-15)19-7-3/h9,11-14,17-18H,5-8,10H2,1-4H3. The number of ether oxygens (including phenoxy) is 1. The first-order valence-corrected chi connectivity index (χ1v) is 7.66. The maximum Gasteiger partial charge on any atom is 0.119 e. The Morgan fingerprint density at radius 3 is 2.58 bits per heavy atom. The molecular weight excluding hydrogens is 234 g/mol. The van der Waals surface area contributed by atoms with Crippen LogP contribution in [-0.4, -0.2) is 13.7 Å². The van der Waals surface area contributed by atoms with Gasteiger partial charge in [-0.2, -0.15) is 0 Å². The minimum atomic E-state index is 0.428. The van der Waals surface area contributed by atoms with E-state index >= 15 is 0 Å². The van der Waals surface area contributed by atoms with Gasteiger partial charge in [-0.3, -0.25) is 0 Å². The van der Waals surface area contributed by atoms with Gasteiger partial charge in [-0.15, -0.1) is 0 Å². The molecule has 0 bridgehead atoms. The van der Waals surface area contributed by atoms with E-state index in [0.717, 1.165) is 12.4 Å². The van der Waals surface area contributed by atoms with Gasteiger partial charge in [-0.05, 0) is 44.0 Å². The lowest BCUT2D eigenvalue weighted by molar-refractivity contribution is 0.328.